The van der Waals surface area contributed by atoms with Crippen LogP contribution in [0.2, 0.25) is 0 Å². The summed E-state index contributed by atoms with van der Waals surface area (Å²) in [5.74, 6) is -0.510. The molecule has 0 radical (unpaired) electrons. The Bertz CT molecular complexity index is 315. The fourth-order valence-electron chi connectivity index (χ4n) is 1.08. The third kappa shape index (κ3) is 2.67. The molecule has 0 saturated heterocycles. The molecular formula is C9H11BrFNO. The first-order valence-corrected chi connectivity index (χ1v) is 4.72. The molecule has 0 spiro atoms. The summed E-state index contributed by atoms with van der Waals surface area (Å²) in [4.78, 5) is 0. The molecular weight excluding hydrogens is 237 g/mol. The predicted octanol–water partition coefficient (Wildman–Crippen LogP) is 2.18. The molecule has 1 unspecified atom stereocenters. The van der Waals surface area contributed by atoms with Gasteiger partial charge in [-0.1, -0.05) is 0 Å². The van der Waals surface area contributed by atoms with Crippen molar-refractivity contribution in [3.8, 4) is 5.75 Å². The summed E-state index contributed by atoms with van der Waals surface area (Å²) in [6, 6.07) is 2.54. The van der Waals surface area contributed by atoms with Crippen LogP contribution in [0, 0.1) is 5.82 Å². The van der Waals surface area contributed by atoms with Gasteiger partial charge in [0, 0.05) is 12.1 Å². The molecule has 1 aromatic carbocycles. The zero-order valence-electron chi connectivity index (χ0n) is 7.22. The number of rotatable bonds is 2. The maximum atomic E-state index is 13.2. The second-order valence-corrected chi connectivity index (χ2v) is 3.93. The molecule has 2 nitrogen and oxygen atoms in total. The van der Waals surface area contributed by atoms with Crippen LogP contribution in [-0.4, -0.2) is 11.1 Å². The Morgan fingerprint density at radius 2 is 2.23 bits per heavy atom. The molecule has 0 heterocycles. The average molecular weight is 248 g/mol. The van der Waals surface area contributed by atoms with E-state index >= 15 is 0 Å². The number of halogens is 2. The van der Waals surface area contributed by atoms with Crippen LogP contribution in [0.25, 0.3) is 0 Å². The van der Waals surface area contributed by atoms with Crippen LogP contribution in [-0.2, 0) is 6.42 Å². The summed E-state index contributed by atoms with van der Waals surface area (Å²) in [6.45, 7) is 1.81. The van der Waals surface area contributed by atoms with Crippen LogP contribution < -0.4 is 5.73 Å². The van der Waals surface area contributed by atoms with Crippen molar-refractivity contribution in [1.29, 1.82) is 0 Å². The largest absolute Gasteiger partial charge is 0.507 e. The lowest BCUT2D eigenvalue weighted by Gasteiger charge is -2.07. The van der Waals surface area contributed by atoms with Crippen LogP contribution in [0.1, 0.15) is 12.5 Å². The lowest BCUT2D eigenvalue weighted by atomic mass is 10.1. The fourth-order valence-corrected chi connectivity index (χ4v) is 1.47. The first-order valence-electron chi connectivity index (χ1n) is 3.93. The molecule has 3 N–H and O–H groups in total. The Kier molecular flexibility index (Phi) is 3.27. The average Bonchev–Trinajstić information content (AvgIpc) is 1.99. The van der Waals surface area contributed by atoms with E-state index in [0.717, 1.165) is 6.07 Å². The van der Waals surface area contributed by atoms with Crippen LogP contribution in [0.5, 0.6) is 5.75 Å². The van der Waals surface area contributed by atoms with E-state index in [1.54, 1.807) is 13.0 Å². The molecule has 0 aliphatic rings. The molecule has 0 saturated carbocycles. The third-order valence-corrected chi connectivity index (χ3v) is 2.29. The van der Waals surface area contributed by atoms with Gasteiger partial charge >= 0.3 is 0 Å². The van der Waals surface area contributed by atoms with Crippen molar-refractivity contribution in [2.75, 3.05) is 0 Å². The summed E-state index contributed by atoms with van der Waals surface area (Å²) in [6.07, 6.45) is 0.463. The minimum absolute atomic E-state index is 0.0917. The summed E-state index contributed by atoms with van der Waals surface area (Å²) in [5, 5.41) is 9.14. The summed E-state index contributed by atoms with van der Waals surface area (Å²) < 4.78 is 13.6. The van der Waals surface area contributed by atoms with Crippen LogP contribution >= 0.6 is 15.9 Å². The second kappa shape index (κ2) is 4.07. The van der Waals surface area contributed by atoms with E-state index < -0.39 is 5.82 Å². The number of benzene rings is 1. The molecule has 4 heteroatoms. The van der Waals surface area contributed by atoms with Gasteiger partial charge in [-0.2, -0.15) is 0 Å². The van der Waals surface area contributed by atoms with Gasteiger partial charge in [0.1, 0.15) is 11.6 Å². The van der Waals surface area contributed by atoms with E-state index in [9.17, 15) is 4.39 Å². The van der Waals surface area contributed by atoms with Gasteiger partial charge in [0.25, 0.3) is 0 Å². The van der Waals surface area contributed by atoms with E-state index in [2.05, 4.69) is 15.9 Å². The van der Waals surface area contributed by atoms with Crippen molar-refractivity contribution in [3.05, 3.63) is 28.0 Å². The molecule has 0 aliphatic carbocycles. The van der Waals surface area contributed by atoms with E-state index in [0.29, 0.717) is 16.5 Å². The topological polar surface area (TPSA) is 46.2 Å². The highest BCUT2D eigenvalue weighted by Crippen LogP contribution is 2.27. The number of phenols is 1. The van der Waals surface area contributed by atoms with E-state index in [1.807, 2.05) is 0 Å². The Hall–Kier alpha value is -0.610. The van der Waals surface area contributed by atoms with Crippen LogP contribution in [0.15, 0.2) is 16.6 Å². The second-order valence-electron chi connectivity index (χ2n) is 3.08. The van der Waals surface area contributed by atoms with Crippen LogP contribution in [0.3, 0.4) is 0 Å². The van der Waals surface area contributed by atoms with Gasteiger partial charge in [0.05, 0.1) is 4.47 Å². The maximum absolute atomic E-state index is 13.2. The fraction of sp³-hybridized carbons (Fsp3) is 0.333. The lowest BCUT2D eigenvalue weighted by molar-refractivity contribution is 0.463. The van der Waals surface area contributed by atoms with Crippen molar-refractivity contribution in [1.82, 2.24) is 0 Å². The van der Waals surface area contributed by atoms with Crippen molar-refractivity contribution in [3.63, 3.8) is 0 Å². The Morgan fingerprint density at radius 1 is 1.62 bits per heavy atom. The van der Waals surface area contributed by atoms with Crippen molar-refractivity contribution in [2.24, 2.45) is 5.73 Å². The number of hydrogen-bond acceptors (Lipinski definition) is 2. The highest BCUT2D eigenvalue weighted by atomic mass is 79.9. The molecule has 0 fully saturated rings. The van der Waals surface area contributed by atoms with Gasteiger partial charge in [-0.3, -0.25) is 0 Å². The molecule has 0 amide bonds. The molecule has 0 bridgehead atoms. The molecule has 1 aromatic rings. The van der Waals surface area contributed by atoms with Crippen molar-refractivity contribution >= 4 is 15.9 Å². The van der Waals surface area contributed by atoms with Gasteiger partial charge in [-0.05, 0) is 40.9 Å². The normalized spacial score (nSPS) is 12.9. The molecule has 1 rings (SSSR count). The Labute approximate surface area is 84.7 Å². The van der Waals surface area contributed by atoms with Gasteiger partial charge < -0.3 is 10.8 Å². The summed E-state index contributed by atoms with van der Waals surface area (Å²) >= 11 is 3.11. The zero-order chi connectivity index (χ0) is 10.0. The first-order chi connectivity index (χ1) is 6.00. The van der Waals surface area contributed by atoms with E-state index in [1.165, 1.54) is 0 Å². The lowest BCUT2D eigenvalue weighted by Crippen LogP contribution is -2.18. The summed E-state index contributed by atoms with van der Waals surface area (Å²) in [5.41, 5.74) is 6.05. The standard InChI is InChI=1S/C9H11BrFNO/c1-5(12)2-6-3-7(10)9(13)4-8(6)11/h3-5,13H,2,12H2,1H3. The smallest absolute Gasteiger partial charge is 0.132 e. The number of hydrogen-bond donors (Lipinski definition) is 2. The minimum Gasteiger partial charge on any atom is -0.507 e. The Balaban J connectivity index is 3.01. The minimum atomic E-state index is -0.419. The molecule has 1 atom stereocenters. The van der Waals surface area contributed by atoms with Gasteiger partial charge in [-0.25, -0.2) is 4.39 Å². The molecule has 0 aliphatic heterocycles. The van der Waals surface area contributed by atoms with E-state index in [-0.39, 0.29) is 11.8 Å². The Morgan fingerprint density at radius 3 is 2.77 bits per heavy atom. The van der Waals surface area contributed by atoms with Crippen molar-refractivity contribution in [2.45, 2.75) is 19.4 Å². The van der Waals surface area contributed by atoms with Gasteiger partial charge in [0.15, 0.2) is 0 Å². The molecule has 0 aromatic heterocycles. The third-order valence-electron chi connectivity index (χ3n) is 1.66. The van der Waals surface area contributed by atoms with Gasteiger partial charge in [-0.15, -0.1) is 0 Å². The predicted molar refractivity (Wildman–Crippen MR) is 53.1 cm³/mol. The van der Waals surface area contributed by atoms with Gasteiger partial charge in [0.2, 0.25) is 0 Å². The quantitative estimate of drug-likeness (QED) is 0.842. The highest BCUT2D eigenvalue weighted by molar-refractivity contribution is 9.10. The number of aromatic hydroxyl groups is 1. The molecule has 72 valence electrons. The number of phenolic OH excluding ortho intramolecular Hbond substituents is 1. The number of nitrogens with two attached hydrogens (primary N) is 1. The summed E-state index contributed by atoms with van der Waals surface area (Å²) in [7, 11) is 0. The van der Waals surface area contributed by atoms with Crippen LogP contribution in [0.4, 0.5) is 4.39 Å². The highest BCUT2D eigenvalue weighted by Gasteiger charge is 2.08. The maximum Gasteiger partial charge on any atom is 0.132 e. The molecule has 13 heavy (non-hydrogen) atoms. The SMILES string of the molecule is CC(N)Cc1cc(Br)c(O)cc1F. The van der Waals surface area contributed by atoms with Crippen molar-refractivity contribution < 1.29 is 9.50 Å². The first kappa shape index (κ1) is 10.5. The monoisotopic (exact) mass is 247 g/mol. The van der Waals surface area contributed by atoms with E-state index in [4.69, 9.17) is 10.8 Å². The zero-order valence-corrected chi connectivity index (χ0v) is 8.81.